The molecule has 0 radical (unpaired) electrons. The maximum absolute atomic E-state index is 12.0. The zero-order chi connectivity index (χ0) is 15.4. The maximum atomic E-state index is 12.0. The van der Waals surface area contributed by atoms with Gasteiger partial charge in [0.05, 0.1) is 12.8 Å². The summed E-state index contributed by atoms with van der Waals surface area (Å²) in [5, 5.41) is 3.18. The Hall–Kier alpha value is -2.49. The third-order valence-corrected chi connectivity index (χ3v) is 3.02. The molecule has 0 aliphatic heterocycles. The van der Waals surface area contributed by atoms with Gasteiger partial charge in [0.1, 0.15) is 11.5 Å². The molecule has 1 heterocycles. The fourth-order valence-electron chi connectivity index (χ4n) is 2.00. The number of rotatable bonds is 5. The number of ether oxygens (including phenoxy) is 1. The van der Waals surface area contributed by atoms with E-state index >= 15 is 0 Å². The Morgan fingerprint density at radius 3 is 2.62 bits per heavy atom. The van der Waals surface area contributed by atoms with Crippen molar-refractivity contribution in [2.45, 2.75) is 20.8 Å². The first kappa shape index (κ1) is 14.9. The van der Waals surface area contributed by atoms with E-state index in [1.165, 1.54) is 6.08 Å². The standard InChI is InChI=1S/C17H19NO3/c1-11-5-7-16(20-4)14(9-11)18-12(2)10-15(19)17-8-6-13(3)21-17/h5-10,18H,1-4H3/b12-10+. The van der Waals surface area contributed by atoms with Gasteiger partial charge >= 0.3 is 0 Å². The van der Waals surface area contributed by atoms with E-state index < -0.39 is 0 Å². The largest absolute Gasteiger partial charge is 0.495 e. The van der Waals surface area contributed by atoms with Crippen molar-refractivity contribution < 1.29 is 13.9 Å². The molecule has 2 rings (SSSR count). The molecule has 0 unspecified atom stereocenters. The van der Waals surface area contributed by atoms with Crippen LogP contribution < -0.4 is 10.1 Å². The van der Waals surface area contributed by atoms with Crippen LogP contribution in [0.15, 0.2) is 46.5 Å². The summed E-state index contributed by atoms with van der Waals surface area (Å²) >= 11 is 0. The number of hydrogen-bond acceptors (Lipinski definition) is 4. The van der Waals surface area contributed by atoms with E-state index in [1.807, 2.05) is 39.0 Å². The Kier molecular flexibility index (Phi) is 4.48. The van der Waals surface area contributed by atoms with Gasteiger partial charge in [-0.2, -0.15) is 0 Å². The zero-order valence-electron chi connectivity index (χ0n) is 12.7. The number of hydrogen-bond donors (Lipinski definition) is 1. The number of allylic oxidation sites excluding steroid dienone is 2. The van der Waals surface area contributed by atoms with Crippen LogP contribution in [0, 0.1) is 13.8 Å². The number of aryl methyl sites for hydroxylation is 2. The van der Waals surface area contributed by atoms with E-state index in [0.29, 0.717) is 5.76 Å². The number of nitrogens with one attached hydrogen (secondary N) is 1. The first-order chi connectivity index (χ1) is 9.99. The molecular formula is C17H19NO3. The molecule has 0 saturated heterocycles. The molecule has 21 heavy (non-hydrogen) atoms. The fraction of sp³-hybridized carbons (Fsp3) is 0.235. The number of ketones is 1. The van der Waals surface area contributed by atoms with Gasteiger partial charge < -0.3 is 14.5 Å². The van der Waals surface area contributed by atoms with E-state index in [4.69, 9.17) is 9.15 Å². The Balaban J connectivity index is 2.17. The molecular weight excluding hydrogens is 266 g/mol. The molecule has 0 bridgehead atoms. The second kappa shape index (κ2) is 6.31. The van der Waals surface area contributed by atoms with Gasteiger partial charge in [0.2, 0.25) is 5.78 Å². The van der Waals surface area contributed by atoms with Crippen molar-refractivity contribution in [2.24, 2.45) is 0 Å². The quantitative estimate of drug-likeness (QED) is 0.663. The third-order valence-electron chi connectivity index (χ3n) is 3.02. The molecule has 0 atom stereocenters. The predicted molar refractivity (Wildman–Crippen MR) is 82.9 cm³/mol. The van der Waals surface area contributed by atoms with Gasteiger partial charge in [0.15, 0.2) is 5.76 Å². The molecule has 110 valence electrons. The van der Waals surface area contributed by atoms with Gasteiger partial charge in [-0.25, -0.2) is 0 Å². The number of methoxy groups -OCH3 is 1. The van der Waals surface area contributed by atoms with Crippen LogP contribution in [-0.2, 0) is 0 Å². The van der Waals surface area contributed by atoms with Crippen molar-refractivity contribution in [3.63, 3.8) is 0 Å². The van der Waals surface area contributed by atoms with E-state index in [1.54, 1.807) is 19.2 Å². The van der Waals surface area contributed by atoms with Crippen molar-refractivity contribution in [2.75, 3.05) is 12.4 Å². The topological polar surface area (TPSA) is 51.5 Å². The highest BCUT2D eigenvalue weighted by atomic mass is 16.5. The Bertz CT molecular complexity index is 683. The lowest BCUT2D eigenvalue weighted by Gasteiger charge is -2.12. The predicted octanol–water partition coefficient (Wildman–Crippen LogP) is 4.10. The molecule has 0 saturated carbocycles. The van der Waals surface area contributed by atoms with Crippen LogP contribution in [0.2, 0.25) is 0 Å². The number of carbonyl (C=O) groups excluding carboxylic acids is 1. The Morgan fingerprint density at radius 1 is 1.24 bits per heavy atom. The van der Waals surface area contributed by atoms with Crippen LogP contribution in [0.1, 0.15) is 28.8 Å². The molecule has 0 spiro atoms. The van der Waals surface area contributed by atoms with Crippen LogP contribution in [0.3, 0.4) is 0 Å². The molecule has 0 fully saturated rings. The summed E-state index contributed by atoms with van der Waals surface area (Å²) < 4.78 is 10.6. The van der Waals surface area contributed by atoms with Crippen molar-refractivity contribution in [1.29, 1.82) is 0 Å². The number of benzene rings is 1. The second-order valence-electron chi connectivity index (χ2n) is 4.93. The highest BCUT2D eigenvalue weighted by Gasteiger charge is 2.09. The number of anilines is 1. The normalized spacial score (nSPS) is 11.3. The highest BCUT2D eigenvalue weighted by molar-refractivity contribution is 6.03. The summed E-state index contributed by atoms with van der Waals surface area (Å²) in [6.07, 6.45) is 1.51. The van der Waals surface area contributed by atoms with E-state index in [-0.39, 0.29) is 5.78 Å². The molecule has 1 aromatic carbocycles. The summed E-state index contributed by atoms with van der Waals surface area (Å²) in [6, 6.07) is 9.28. The lowest BCUT2D eigenvalue weighted by molar-refractivity contribution is 0.102. The van der Waals surface area contributed by atoms with Crippen LogP contribution >= 0.6 is 0 Å². The zero-order valence-corrected chi connectivity index (χ0v) is 12.7. The smallest absolute Gasteiger partial charge is 0.222 e. The fourth-order valence-corrected chi connectivity index (χ4v) is 2.00. The van der Waals surface area contributed by atoms with Gasteiger partial charge in [-0.1, -0.05) is 6.07 Å². The molecule has 1 aromatic heterocycles. The molecule has 4 nitrogen and oxygen atoms in total. The Labute approximate surface area is 124 Å². The van der Waals surface area contributed by atoms with Crippen LogP contribution in [0.25, 0.3) is 0 Å². The summed E-state index contributed by atoms with van der Waals surface area (Å²) in [7, 11) is 1.62. The van der Waals surface area contributed by atoms with Crippen molar-refractivity contribution in [3.8, 4) is 5.75 Å². The minimum absolute atomic E-state index is 0.167. The van der Waals surface area contributed by atoms with Crippen molar-refractivity contribution in [3.05, 3.63) is 59.2 Å². The third kappa shape index (κ3) is 3.75. The molecule has 4 heteroatoms. The van der Waals surface area contributed by atoms with Crippen molar-refractivity contribution >= 4 is 11.5 Å². The van der Waals surface area contributed by atoms with Crippen LogP contribution in [0.5, 0.6) is 5.75 Å². The second-order valence-corrected chi connectivity index (χ2v) is 4.93. The molecule has 2 aromatic rings. The van der Waals surface area contributed by atoms with E-state index in [2.05, 4.69) is 5.32 Å². The van der Waals surface area contributed by atoms with Crippen LogP contribution in [-0.4, -0.2) is 12.9 Å². The Morgan fingerprint density at radius 2 is 2.00 bits per heavy atom. The first-order valence-electron chi connectivity index (χ1n) is 6.70. The summed E-state index contributed by atoms with van der Waals surface area (Å²) in [4.78, 5) is 12.0. The molecule has 0 aliphatic rings. The van der Waals surface area contributed by atoms with Gasteiger partial charge in [-0.15, -0.1) is 0 Å². The first-order valence-corrected chi connectivity index (χ1v) is 6.70. The summed E-state index contributed by atoms with van der Waals surface area (Å²) in [5.41, 5.74) is 2.66. The molecule has 0 amide bonds. The summed E-state index contributed by atoms with van der Waals surface area (Å²) in [6.45, 7) is 5.64. The minimum Gasteiger partial charge on any atom is -0.495 e. The van der Waals surface area contributed by atoms with Gasteiger partial charge in [-0.05, 0) is 50.6 Å². The maximum Gasteiger partial charge on any atom is 0.222 e. The van der Waals surface area contributed by atoms with Gasteiger partial charge in [0, 0.05) is 11.8 Å². The summed E-state index contributed by atoms with van der Waals surface area (Å²) in [5.74, 6) is 1.62. The van der Waals surface area contributed by atoms with E-state index in [0.717, 1.165) is 28.5 Å². The average molecular weight is 285 g/mol. The van der Waals surface area contributed by atoms with Gasteiger partial charge in [0.25, 0.3) is 0 Å². The van der Waals surface area contributed by atoms with Gasteiger partial charge in [-0.3, -0.25) is 4.79 Å². The minimum atomic E-state index is -0.167. The molecule has 0 aliphatic carbocycles. The lowest BCUT2D eigenvalue weighted by Crippen LogP contribution is -2.02. The highest BCUT2D eigenvalue weighted by Crippen LogP contribution is 2.26. The van der Waals surface area contributed by atoms with E-state index in [9.17, 15) is 4.79 Å². The lowest BCUT2D eigenvalue weighted by atomic mass is 10.2. The average Bonchev–Trinajstić information content (AvgIpc) is 2.85. The SMILES string of the molecule is COc1ccc(C)cc1N/C(C)=C/C(=O)c1ccc(C)o1. The monoisotopic (exact) mass is 285 g/mol. The van der Waals surface area contributed by atoms with Crippen molar-refractivity contribution in [1.82, 2.24) is 0 Å². The molecule has 1 N–H and O–H groups in total. The number of carbonyl (C=O) groups is 1. The number of furan rings is 1. The van der Waals surface area contributed by atoms with Crippen LogP contribution in [0.4, 0.5) is 5.69 Å².